The van der Waals surface area contributed by atoms with Crippen molar-refractivity contribution in [2.75, 3.05) is 6.61 Å². The van der Waals surface area contributed by atoms with Gasteiger partial charge >= 0.3 is 51.4 Å². The molecule has 10 nitrogen and oxygen atoms in total. The summed E-state index contributed by atoms with van der Waals surface area (Å²) in [5, 5.41) is 41.8. The third-order valence-corrected chi connectivity index (χ3v) is 4.56. The molecule has 1 saturated heterocycles. The Kier molecular flexibility index (Phi) is 12.8. The number of nitrogens with zero attached hydrogens (tertiary/aromatic N) is 1. The summed E-state index contributed by atoms with van der Waals surface area (Å²) in [6.07, 6.45) is -2.82. The van der Waals surface area contributed by atoms with Crippen LogP contribution >= 0.6 is 11.8 Å². The van der Waals surface area contributed by atoms with Crippen LogP contribution in [-0.4, -0.2) is 74.9 Å². The van der Waals surface area contributed by atoms with E-state index in [0.29, 0.717) is 12.8 Å². The SMILES string of the molecule is C=CCCCC(=NOS(=O)(=O)[O-])SC1OC(CO)C(O)C(O)C1O.[K+]. The molecule has 13 heteroatoms. The van der Waals surface area contributed by atoms with Crippen LogP contribution in [0.5, 0.6) is 0 Å². The smallest absolute Gasteiger partial charge is 0.714 e. The average molecular weight is 426 g/mol. The largest absolute Gasteiger partial charge is 1.00 e. The number of aliphatic hydroxyl groups excluding tert-OH is 4. The van der Waals surface area contributed by atoms with Gasteiger partial charge in [-0.25, -0.2) is 0 Å². The molecule has 0 bridgehead atoms. The second-order valence-electron chi connectivity index (χ2n) is 4.96. The van der Waals surface area contributed by atoms with Crippen molar-refractivity contribution in [1.29, 1.82) is 0 Å². The molecule has 1 heterocycles. The summed E-state index contributed by atoms with van der Waals surface area (Å²) in [4.78, 5) is 0. The predicted molar refractivity (Wildman–Crippen MR) is 83.6 cm³/mol. The molecule has 1 fully saturated rings. The molecule has 0 radical (unpaired) electrons. The van der Waals surface area contributed by atoms with Gasteiger partial charge < -0.3 is 29.7 Å². The average Bonchev–Trinajstić information content (AvgIpc) is 2.52. The normalized spacial score (nSPS) is 30.4. The zero-order valence-electron chi connectivity index (χ0n) is 13.6. The molecule has 25 heavy (non-hydrogen) atoms. The first-order valence-corrected chi connectivity index (χ1v) is 9.20. The molecular formula is C12H20KNO9S2. The van der Waals surface area contributed by atoms with Gasteiger partial charge in [0.2, 0.25) is 0 Å². The Labute approximate surface area is 192 Å². The van der Waals surface area contributed by atoms with E-state index in [2.05, 4.69) is 16.0 Å². The van der Waals surface area contributed by atoms with Crippen LogP contribution in [0.2, 0.25) is 0 Å². The summed E-state index contributed by atoms with van der Waals surface area (Å²) in [5.41, 5.74) is -1.15. The van der Waals surface area contributed by atoms with Crippen LogP contribution in [0.15, 0.2) is 17.8 Å². The summed E-state index contributed by atoms with van der Waals surface area (Å²) in [6.45, 7) is 2.93. The predicted octanol–water partition coefficient (Wildman–Crippen LogP) is -4.33. The van der Waals surface area contributed by atoms with Crippen molar-refractivity contribution in [2.24, 2.45) is 5.16 Å². The van der Waals surface area contributed by atoms with Gasteiger partial charge in [-0.2, -0.15) is 8.42 Å². The number of hydrogen-bond acceptors (Lipinski definition) is 11. The number of hydrogen-bond donors (Lipinski definition) is 4. The summed E-state index contributed by atoms with van der Waals surface area (Å²) in [6, 6.07) is 0. The Morgan fingerprint density at radius 1 is 1.32 bits per heavy atom. The summed E-state index contributed by atoms with van der Waals surface area (Å²) in [7, 11) is -5.04. The minimum atomic E-state index is -5.04. The van der Waals surface area contributed by atoms with Gasteiger partial charge in [0, 0.05) is 0 Å². The number of ether oxygens (including phenoxy) is 1. The van der Waals surface area contributed by atoms with Crippen molar-refractivity contribution in [3.8, 4) is 0 Å². The van der Waals surface area contributed by atoms with Gasteiger partial charge in [-0.3, -0.25) is 4.28 Å². The third kappa shape index (κ3) is 9.09. The zero-order chi connectivity index (χ0) is 18.3. The molecule has 1 rings (SSSR count). The topological polar surface area (TPSA) is 169 Å². The van der Waals surface area contributed by atoms with Crippen molar-refractivity contribution in [3.05, 3.63) is 12.7 Å². The van der Waals surface area contributed by atoms with Crippen molar-refractivity contribution in [1.82, 2.24) is 0 Å². The third-order valence-electron chi connectivity index (χ3n) is 3.13. The molecule has 5 unspecified atom stereocenters. The van der Waals surface area contributed by atoms with Crippen LogP contribution < -0.4 is 51.4 Å². The number of unbranched alkanes of at least 4 members (excludes halogenated alkanes) is 1. The van der Waals surface area contributed by atoms with E-state index in [9.17, 15) is 28.3 Å². The number of oxime groups is 1. The van der Waals surface area contributed by atoms with E-state index >= 15 is 0 Å². The summed E-state index contributed by atoms with van der Waals surface area (Å²) >= 11 is 0.723. The monoisotopic (exact) mass is 425 g/mol. The summed E-state index contributed by atoms with van der Waals surface area (Å²) < 4.78 is 40.7. The van der Waals surface area contributed by atoms with Crippen molar-refractivity contribution < 1.29 is 93.8 Å². The first kappa shape index (κ1) is 25.9. The summed E-state index contributed by atoms with van der Waals surface area (Å²) in [5.74, 6) is 0. The number of thioether (sulfide) groups is 1. The van der Waals surface area contributed by atoms with Gasteiger partial charge in [0.1, 0.15) is 34.9 Å². The molecule has 1 aliphatic rings. The molecule has 1 aliphatic heterocycles. The van der Waals surface area contributed by atoms with E-state index in [1.807, 2.05) is 0 Å². The number of allylic oxidation sites excluding steroid dienone is 1. The Morgan fingerprint density at radius 2 is 1.96 bits per heavy atom. The first-order chi connectivity index (χ1) is 11.2. The molecule has 0 aromatic rings. The zero-order valence-corrected chi connectivity index (χ0v) is 18.3. The van der Waals surface area contributed by atoms with E-state index < -0.39 is 46.9 Å². The van der Waals surface area contributed by atoms with Crippen molar-refractivity contribution >= 4 is 27.2 Å². The van der Waals surface area contributed by atoms with E-state index in [-0.39, 0.29) is 62.8 Å². The van der Waals surface area contributed by atoms with Gasteiger partial charge in [-0.1, -0.05) is 23.0 Å². The second kappa shape index (κ2) is 12.4. The Balaban J connectivity index is 0.00000576. The van der Waals surface area contributed by atoms with Crippen molar-refractivity contribution in [2.45, 2.75) is 49.1 Å². The molecule has 0 amide bonds. The Morgan fingerprint density at radius 3 is 2.48 bits per heavy atom. The Bertz CT molecular complexity index is 543. The molecule has 0 aliphatic carbocycles. The fourth-order valence-corrected chi connectivity index (χ4v) is 3.25. The van der Waals surface area contributed by atoms with Crippen LogP contribution in [0, 0.1) is 0 Å². The van der Waals surface area contributed by atoms with Gasteiger partial charge in [0.25, 0.3) is 10.4 Å². The molecule has 0 aromatic heterocycles. The van der Waals surface area contributed by atoms with Gasteiger partial charge in [-0.15, -0.1) is 6.58 Å². The molecule has 5 atom stereocenters. The van der Waals surface area contributed by atoms with Crippen LogP contribution in [0.1, 0.15) is 19.3 Å². The fourth-order valence-electron chi connectivity index (χ4n) is 1.91. The van der Waals surface area contributed by atoms with E-state index in [0.717, 1.165) is 11.8 Å². The van der Waals surface area contributed by atoms with Gasteiger partial charge in [0.05, 0.1) is 6.61 Å². The number of aliphatic hydroxyl groups is 4. The second-order valence-corrected chi connectivity index (χ2v) is 7.10. The Hall–Kier alpha value is 0.906. The maximum absolute atomic E-state index is 10.5. The maximum atomic E-state index is 10.5. The fraction of sp³-hybridized carbons (Fsp3) is 0.750. The van der Waals surface area contributed by atoms with Gasteiger partial charge in [0.15, 0.2) is 0 Å². The first-order valence-electron chi connectivity index (χ1n) is 6.99. The van der Waals surface area contributed by atoms with Crippen LogP contribution in [0.4, 0.5) is 0 Å². The quantitative estimate of drug-likeness (QED) is 0.0436. The molecule has 0 spiro atoms. The van der Waals surface area contributed by atoms with Gasteiger partial charge in [-0.05, 0) is 19.3 Å². The van der Waals surface area contributed by atoms with Crippen molar-refractivity contribution in [3.63, 3.8) is 0 Å². The standard InChI is InChI=1S/C12H21NO9S2.K/c1-2-3-4-5-8(13-22-24(18,19)20)23-12-11(17)10(16)9(15)7(6-14)21-12;/h2,7,9-12,14-17H,1,3-6H2,(H,18,19,20);/q;+1/p-1. The molecular weight excluding hydrogens is 405 g/mol. The van der Waals surface area contributed by atoms with E-state index in [1.54, 1.807) is 6.08 Å². The minimum Gasteiger partial charge on any atom is -0.714 e. The van der Waals surface area contributed by atoms with E-state index in [1.165, 1.54) is 0 Å². The van der Waals surface area contributed by atoms with Crippen LogP contribution in [0.3, 0.4) is 0 Å². The molecule has 140 valence electrons. The maximum Gasteiger partial charge on any atom is 1.00 e. The molecule has 0 aromatic carbocycles. The molecule has 0 saturated carbocycles. The minimum absolute atomic E-state index is 0. The number of rotatable bonds is 8. The van der Waals surface area contributed by atoms with Crippen LogP contribution in [-0.2, 0) is 19.4 Å². The van der Waals surface area contributed by atoms with E-state index in [4.69, 9.17) is 9.84 Å². The van der Waals surface area contributed by atoms with Crippen LogP contribution in [0.25, 0.3) is 0 Å². The molecule has 4 N–H and O–H groups in total.